The van der Waals surface area contributed by atoms with E-state index in [-0.39, 0.29) is 16.9 Å². The Morgan fingerprint density at radius 2 is 2.05 bits per heavy atom. The van der Waals surface area contributed by atoms with Crippen LogP contribution in [0.15, 0.2) is 36.4 Å². The predicted octanol–water partition coefficient (Wildman–Crippen LogP) is 3.68. The van der Waals surface area contributed by atoms with Gasteiger partial charge in [0.05, 0.1) is 17.9 Å². The van der Waals surface area contributed by atoms with Gasteiger partial charge in [0.15, 0.2) is 5.78 Å². The summed E-state index contributed by atoms with van der Waals surface area (Å²) in [6.07, 6.45) is 0.466. The second kappa shape index (κ2) is 7.04. The van der Waals surface area contributed by atoms with Crippen molar-refractivity contribution in [2.24, 2.45) is 0 Å². The van der Waals surface area contributed by atoms with Crippen LogP contribution in [0.3, 0.4) is 0 Å². The van der Waals surface area contributed by atoms with Gasteiger partial charge in [-0.3, -0.25) is 9.59 Å². The van der Waals surface area contributed by atoms with E-state index in [0.29, 0.717) is 23.7 Å². The predicted molar refractivity (Wildman–Crippen MR) is 82.1 cm³/mol. The number of carbonyl (C=O) groups is 2. The monoisotopic (exact) mass is 321 g/mol. The van der Waals surface area contributed by atoms with E-state index in [4.69, 9.17) is 16.3 Å². The van der Waals surface area contributed by atoms with Crippen molar-refractivity contribution >= 4 is 29.5 Å². The molecule has 1 amide bonds. The van der Waals surface area contributed by atoms with Gasteiger partial charge >= 0.3 is 0 Å². The smallest absolute Gasteiger partial charge is 0.211 e. The van der Waals surface area contributed by atoms with Crippen LogP contribution < -0.4 is 10.1 Å². The number of carbonyl (C=O) groups excluding carboxylic acids is 2. The fraction of sp³-hybridized carbons (Fsp3) is 0.125. The van der Waals surface area contributed by atoms with Gasteiger partial charge in [-0.15, -0.1) is 0 Å². The molecule has 0 aromatic heterocycles. The molecule has 0 bridgehead atoms. The van der Waals surface area contributed by atoms with Crippen LogP contribution in [-0.4, -0.2) is 18.8 Å². The highest BCUT2D eigenvalue weighted by Crippen LogP contribution is 2.28. The number of ether oxygens (including phenoxy) is 1. The lowest BCUT2D eigenvalue weighted by molar-refractivity contribution is -0.105. The summed E-state index contributed by atoms with van der Waals surface area (Å²) in [5.41, 5.74) is 0.711. The lowest BCUT2D eigenvalue weighted by atomic mass is 10.0. The zero-order valence-electron chi connectivity index (χ0n) is 11.7. The van der Waals surface area contributed by atoms with Crippen molar-refractivity contribution in [3.63, 3.8) is 0 Å². The minimum atomic E-state index is -0.502. The van der Waals surface area contributed by atoms with Gasteiger partial charge in [0, 0.05) is 16.7 Å². The highest BCUT2D eigenvalue weighted by molar-refractivity contribution is 6.31. The van der Waals surface area contributed by atoms with Crippen molar-refractivity contribution in [2.75, 3.05) is 11.9 Å². The zero-order valence-corrected chi connectivity index (χ0v) is 12.5. The highest BCUT2D eigenvalue weighted by Gasteiger charge is 2.19. The minimum absolute atomic E-state index is 0.143. The van der Waals surface area contributed by atoms with E-state index in [1.165, 1.54) is 24.3 Å². The maximum Gasteiger partial charge on any atom is 0.211 e. The number of anilines is 1. The molecule has 0 heterocycles. The SMILES string of the molecule is CCOc1cc(F)ccc1C(=O)c1cc(Cl)ccc1NC=O. The first-order chi connectivity index (χ1) is 10.6. The Kier molecular flexibility index (Phi) is 5.12. The molecule has 22 heavy (non-hydrogen) atoms. The summed E-state index contributed by atoms with van der Waals surface area (Å²) in [4.78, 5) is 23.3. The van der Waals surface area contributed by atoms with Crippen LogP contribution >= 0.6 is 11.6 Å². The Hall–Kier alpha value is -2.40. The first kappa shape index (κ1) is 16.0. The van der Waals surface area contributed by atoms with Gasteiger partial charge in [-0.05, 0) is 37.3 Å². The summed E-state index contributed by atoms with van der Waals surface area (Å²) < 4.78 is 18.6. The van der Waals surface area contributed by atoms with Gasteiger partial charge in [0.2, 0.25) is 6.41 Å². The second-order valence-corrected chi connectivity index (χ2v) is 4.79. The summed E-state index contributed by atoms with van der Waals surface area (Å²) in [5.74, 6) is -0.780. The van der Waals surface area contributed by atoms with E-state index in [0.717, 1.165) is 6.07 Å². The van der Waals surface area contributed by atoms with E-state index in [1.54, 1.807) is 13.0 Å². The van der Waals surface area contributed by atoms with Crippen molar-refractivity contribution < 1.29 is 18.7 Å². The number of halogens is 2. The van der Waals surface area contributed by atoms with Crippen LogP contribution in [0.2, 0.25) is 5.02 Å². The number of rotatable bonds is 6. The molecule has 0 spiro atoms. The van der Waals surface area contributed by atoms with E-state index >= 15 is 0 Å². The average Bonchev–Trinajstić information content (AvgIpc) is 2.49. The summed E-state index contributed by atoms with van der Waals surface area (Å²) in [5, 5.41) is 2.79. The summed E-state index contributed by atoms with van der Waals surface area (Å²) in [7, 11) is 0. The minimum Gasteiger partial charge on any atom is -0.493 e. The van der Waals surface area contributed by atoms with E-state index in [9.17, 15) is 14.0 Å². The lowest BCUT2D eigenvalue weighted by Crippen LogP contribution is -2.09. The van der Waals surface area contributed by atoms with E-state index in [2.05, 4.69) is 5.32 Å². The molecule has 6 heteroatoms. The van der Waals surface area contributed by atoms with Crippen LogP contribution in [0.1, 0.15) is 22.8 Å². The number of amides is 1. The van der Waals surface area contributed by atoms with Crippen LogP contribution in [0.4, 0.5) is 10.1 Å². The van der Waals surface area contributed by atoms with E-state index in [1.807, 2.05) is 0 Å². The Morgan fingerprint density at radius 1 is 1.27 bits per heavy atom. The van der Waals surface area contributed by atoms with Crippen molar-refractivity contribution in [3.05, 3.63) is 58.4 Å². The molecule has 0 atom stereocenters. The topological polar surface area (TPSA) is 55.4 Å². The molecule has 2 aromatic rings. The van der Waals surface area contributed by atoms with Gasteiger partial charge in [0.25, 0.3) is 0 Å². The van der Waals surface area contributed by atoms with Gasteiger partial charge in [-0.2, -0.15) is 0 Å². The van der Waals surface area contributed by atoms with Gasteiger partial charge in [-0.1, -0.05) is 11.6 Å². The molecular weight excluding hydrogens is 309 g/mol. The summed E-state index contributed by atoms with van der Waals surface area (Å²) in [6, 6.07) is 8.18. The molecule has 1 N–H and O–H groups in total. The number of hydrogen-bond acceptors (Lipinski definition) is 3. The van der Waals surface area contributed by atoms with Gasteiger partial charge in [-0.25, -0.2) is 4.39 Å². The molecule has 2 rings (SSSR count). The Balaban J connectivity index is 2.52. The van der Waals surface area contributed by atoms with Crippen molar-refractivity contribution in [3.8, 4) is 5.75 Å². The molecule has 0 fully saturated rings. The van der Waals surface area contributed by atoms with Crippen molar-refractivity contribution in [1.82, 2.24) is 0 Å². The molecular formula is C16H13ClFNO3. The molecule has 0 saturated heterocycles. The highest BCUT2D eigenvalue weighted by atomic mass is 35.5. The normalized spacial score (nSPS) is 10.1. The summed E-state index contributed by atoms with van der Waals surface area (Å²) in [6.45, 7) is 2.02. The molecule has 4 nitrogen and oxygen atoms in total. The lowest BCUT2D eigenvalue weighted by Gasteiger charge is -2.12. The first-order valence-corrected chi connectivity index (χ1v) is 6.91. The third-order valence-corrected chi connectivity index (χ3v) is 3.16. The third kappa shape index (κ3) is 3.43. The van der Waals surface area contributed by atoms with Gasteiger partial charge in [0.1, 0.15) is 11.6 Å². The molecule has 0 aliphatic carbocycles. The number of nitrogens with one attached hydrogen (secondary N) is 1. The Bertz CT molecular complexity index is 719. The second-order valence-electron chi connectivity index (χ2n) is 4.35. The molecule has 114 valence electrons. The molecule has 0 aliphatic rings. The van der Waals surface area contributed by atoms with Crippen LogP contribution in [0, 0.1) is 5.82 Å². The number of ketones is 1. The first-order valence-electron chi connectivity index (χ1n) is 6.53. The van der Waals surface area contributed by atoms with E-state index < -0.39 is 11.6 Å². The Morgan fingerprint density at radius 3 is 2.73 bits per heavy atom. The molecule has 0 radical (unpaired) electrons. The molecule has 2 aromatic carbocycles. The number of hydrogen-bond donors (Lipinski definition) is 1. The fourth-order valence-electron chi connectivity index (χ4n) is 2.00. The van der Waals surface area contributed by atoms with Crippen LogP contribution in [0.25, 0.3) is 0 Å². The van der Waals surface area contributed by atoms with Crippen LogP contribution in [0.5, 0.6) is 5.75 Å². The fourth-order valence-corrected chi connectivity index (χ4v) is 2.17. The van der Waals surface area contributed by atoms with Crippen molar-refractivity contribution in [1.29, 1.82) is 0 Å². The molecule has 0 aliphatic heterocycles. The average molecular weight is 322 g/mol. The number of benzene rings is 2. The third-order valence-electron chi connectivity index (χ3n) is 2.93. The Labute approximate surface area is 131 Å². The standard InChI is InChI=1S/C16H13ClFNO3/c1-2-22-15-8-11(18)4-5-12(15)16(21)13-7-10(17)3-6-14(13)19-9-20/h3-9H,2H2,1H3,(H,19,20). The molecule has 0 saturated carbocycles. The maximum absolute atomic E-state index is 13.3. The zero-order chi connectivity index (χ0) is 16.1. The van der Waals surface area contributed by atoms with Crippen molar-refractivity contribution in [2.45, 2.75) is 6.92 Å². The largest absolute Gasteiger partial charge is 0.493 e. The van der Waals surface area contributed by atoms with Crippen LogP contribution in [-0.2, 0) is 4.79 Å². The quantitative estimate of drug-likeness (QED) is 0.652. The summed E-state index contributed by atoms with van der Waals surface area (Å²) >= 11 is 5.92. The molecule has 0 unspecified atom stereocenters. The van der Waals surface area contributed by atoms with Gasteiger partial charge < -0.3 is 10.1 Å². The maximum atomic E-state index is 13.3.